The van der Waals surface area contributed by atoms with E-state index in [4.69, 9.17) is 9.47 Å². The Morgan fingerprint density at radius 2 is 2.04 bits per heavy atom. The highest BCUT2D eigenvalue weighted by Crippen LogP contribution is 2.24. The Labute approximate surface area is 154 Å². The monoisotopic (exact) mass is 369 g/mol. The first-order valence-electron chi connectivity index (χ1n) is 7.83. The first-order valence-corrected chi connectivity index (χ1v) is 8.71. The molecule has 0 N–H and O–H groups in total. The minimum Gasteiger partial charge on any atom is -0.497 e. The predicted octanol–water partition coefficient (Wildman–Crippen LogP) is 4.71. The van der Waals surface area contributed by atoms with E-state index in [1.165, 1.54) is 29.5 Å². The Morgan fingerprint density at radius 3 is 2.81 bits per heavy atom. The fourth-order valence-corrected chi connectivity index (χ4v) is 3.01. The maximum atomic E-state index is 13.0. The molecule has 3 rings (SSSR count). The third kappa shape index (κ3) is 4.77. The molecule has 26 heavy (non-hydrogen) atoms. The van der Waals surface area contributed by atoms with E-state index in [1.807, 2.05) is 29.6 Å². The van der Waals surface area contributed by atoms with Gasteiger partial charge < -0.3 is 9.47 Å². The van der Waals surface area contributed by atoms with Crippen LogP contribution in [0.2, 0.25) is 0 Å². The molecule has 6 heteroatoms. The third-order valence-corrected chi connectivity index (χ3v) is 4.45. The van der Waals surface area contributed by atoms with Gasteiger partial charge in [-0.25, -0.2) is 14.2 Å². The lowest BCUT2D eigenvalue weighted by atomic mass is 10.2. The minimum atomic E-state index is -0.454. The standard InChI is InChI=1S/C20H16FNO3S/c1-24-18-4-2-3-14(11-18)5-10-19(23)25-12-17-13-26-20(22-17)15-6-8-16(21)9-7-15/h2-11,13H,12H2,1H3/b10-5+. The number of carbonyl (C=O) groups excluding carboxylic acids is 1. The van der Waals surface area contributed by atoms with Gasteiger partial charge in [0.2, 0.25) is 0 Å². The Hall–Kier alpha value is -2.99. The normalized spacial score (nSPS) is 10.8. The highest BCUT2D eigenvalue weighted by molar-refractivity contribution is 7.13. The summed E-state index contributed by atoms with van der Waals surface area (Å²) < 4.78 is 23.3. The molecule has 0 bridgehead atoms. The Kier molecular flexibility index (Phi) is 5.76. The zero-order valence-electron chi connectivity index (χ0n) is 14.0. The van der Waals surface area contributed by atoms with Crippen LogP contribution in [-0.2, 0) is 16.1 Å². The van der Waals surface area contributed by atoms with E-state index in [-0.39, 0.29) is 12.4 Å². The highest BCUT2D eigenvalue weighted by Gasteiger charge is 2.07. The van der Waals surface area contributed by atoms with Gasteiger partial charge in [0.1, 0.15) is 23.2 Å². The number of aromatic nitrogens is 1. The Morgan fingerprint density at radius 1 is 1.23 bits per heavy atom. The smallest absolute Gasteiger partial charge is 0.331 e. The molecule has 1 heterocycles. The topological polar surface area (TPSA) is 48.4 Å². The Balaban J connectivity index is 1.56. The fourth-order valence-electron chi connectivity index (χ4n) is 2.20. The molecule has 2 aromatic carbocycles. The molecular weight excluding hydrogens is 353 g/mol. The van der Waals surface area contributed by atoms with Gasteiger partial charge in [0.05, 0.1) is 12.8 Å². The van der Waals surface area contributed by atoms with Crippen LogP contribution in [0.15, 0.2) is 60.0 Å². The van der Waals surface area contributed by atoms with Gasteiger partial charge in [-0.1, -0.05) is 12.1 Å². The number of esters is 1. The lowest BCUT2D eigenvalue weighted by Crippen LogP contribution is -2.01. The number of hydrogen-bond donors (Lipinski definition) is 0. The van der Waals surface area contributed by atoms with Crippen molar-refractivity contribution in [2.75, 3.05) is 7.11 Å². The minimum absolute atomic E-state index is 0.0823. The number of ether oxygens (including phenoxy) is 2. The summed E-state index contributed by atoms with van der Waals surface area (Å²) in [5, 5.41) is 2.57. The molecule has 3 aromatic rings. The van der Waals surface area contributed by atoms with E-state index in [1.54, 1.807) is 25.3 Å². The van der Waals surface area contributed by atoms with Gasteiger partial charge in [0, 0.05) is 17.0 Å². The third-order valence-electron chi connectivity index (χ3n) is 3.51. The molecule has 132 valence electrons. The van der Waals surface area contributed by atoms with E-state index < -0.39 is 5.97 Å². The number of rotatable bonds is 6. The second-order valence-corrected chi connectivity index (χ2v) is 6.23. The van der Waals surface area contributed by atoms with Crippen molar-refractivity contribution in [2.45, 2.75) is 6.61 Å². The first-order chi connectivity index (χ1) is 12.6. The molecule has 0 saturated carbocycles. The molecule has 0 unspecified atom stereocenters. The first kappa shape index (κ1) is 17.8. The number of hydrogen-bond acceptors (Lipinski definition) is 5. The van der Waals surface area contributed by atoms with E-state index in [0.717, 1.165) is 21.9 Å². The molecule has 0 saturated heterocycles. The molecule has 0 atom stereocenters. The van der Waals surface area contributed by atoms with Crippen molar-refractivity contribution in [1.82, 2.24) is 4.98 Å². The van der Waals surface area contributed by atoms with Crippen LogP contribution < -0.4 is 4.74 Å². The largest absolute Gasteiger partial charge is 0.497 e. The molecular formula is C20H16FNO3S. The van der Waals surface area contributed by atoms with Crippen molar-refractivity contribution in [2.24, 2.45) is 0 Å². The van der Waals surface area contributed by atoms with E-state index in [0.29, 0.717) is 5.69 Å². The zero-order chi connectivity index (χ0) is 18.4. The number of carbonyl (C=O) groups is 1. The van der Waals surface area contributed by atoms with Crippen molar-refractivity contribution in [3.63, 3.8) is 0 Å². The van der Waals surface area contributed by atoms with E-state index in [2.05, 4.69) is 4.98 Å². The second-order valence-electron chi connectivity index (χ2n) is 5.37. The predicted molar refractivity (Wildman–Crippen MR) is 99.3 cm³/mol. The summed E-state index contributed by atoms with van der Waals surface area (Å²) >= 11 is 1.42. The number of benzene rings is 2. The number of halogens is 1. The average molecular weight is 369 g/mol. The van der Waals surface area contributed by atoms with Gasteiger partial charge in [-0.15, -0.1) is 11.3 Å². The van der Waals surface area contributed by atoms with Gasteiger partial charge in [0.25, 0.3) is 0 Å². The SMILES string of the molecule is COc1cccc(/C=C/C(=O)OCc2csc(-c3ccc(F)cc3)n2)c1. The van der Waals surface area contributed by atoms with Crippen molar-refractivity contribution in [1.29, 1.82) is 0 Å². The fraction of sp³-hybridized carbons (Fsp3) is 0.100. The van der Waals surface area contributed by atoms with E-state index >= 15 is 0 Å². The molecule has 0 fully saturated rings. The number of nitrogens with zero attached hydrogens (tertiary/aromatic N) is 1. The highest BCUT2D eigenvalue weighted by atomic mass is 32.1. The molecule has 0 spiro atoms. The van der Waals surface area contributed by atoms with Crippen LogP contribution in [0, 0.1) is 5.82 Å². The van der Waals surface area contributed by atoms with Crippen LogP contribution in [0.4, 0.5) is 4.39 Å². The lowest BCUT2D eigenvalue weighted by molar-refractivity contribution is -0.139. The zero-order valence-corrected chi connectivity index (χ0v) is 14.8. The molecule has 4 nitrogen and oxygen atoms in total. The number of thiazole rings is 1. The average Bonchev–Trinajstić information content (AvgIpc) is 3.14. The van der Waals surface area contributed by atoms with Gasteiger partial charge in [-0.2, -0.15) is 0 Å². The maximum Gasteiger partial charge on any atom is 0.331 e. The number of methoxy groups -OCH3 is 1. The van der Waals surface area contributed by atoms with E-state index in [9.17, 15) is 9.18 Å². The lowest BCUT2D eigenvalue weighted by Gasteiger charge is -2.01. The molecule has 0 amide bonds. The van der Waals surface area contributed by atoms with Crippen LogP contribution in [0.3, 0.4) is 0 Å². The van der Waals surface area contributed by atoms with Gasteiger partial charge >= 0.3 is 5.97 Å². The molecule has 0 aliphatic rings. The summed E-state index contributed by atoms with van der Waals surface area (Å²) in [5.74, 6) is -0.0252. The molecule has 0 aliphatic carbocycles. The summed E-state index contributed by atoms with van der Waals surface area (Å²) in [6.45, 7) is 0.0823. The van der Waals surface area contributed by atoms with Crippen molar-refractivity contribution < 1.29 is 18.7 Å². The van der Waals surface area contributed by atoms with Gasteiger partial charge in [-0.3, -0.25) is 0 Å². The quantitative estimate of drug-likeness (QED) is 0.466. The van der Waals surface area contributed by atoms with Crippen molar-refractivity contribution >= 4 is 23.4 Å². The van der Waals surface area contributed by atoms with Gasteiger partial charge in [-0.05, 0) is 48.0 Å². The van der Waals surface area contributed by atoms with Crippen LogP contribution in [0.1, 0.15) is 11.3 Å². The molecule has 1 aromatic heterocycles. The van der Waals surface area contributed by atoms with Crippen LogP contribution in [0.25, 0.3) is 16.6 Å². The molecule has 0 radical (unpaired) electrons. The summed E-state index contributed by atoms with van der Waals surface area (Å²) in [5.41, 5.74) is 2.32. The summed E-state index contributed by atoms with van der Waals surface area (Å²) in [6, 6.07) is 13.5. The van der Waals surface area contributed by atoms with Crippen LogP contribution >= 0.6 is 11.3 Å². The summed E-state index contributed by atoms with van der Waals surface area (Å²) in [6.07, 6.45) is 3.03. The Bertz CT molecular complexity index is 919. The van der Waals surface area contributed by atoms with Crippen LogP contribution in [0.5, 0.6) is 5.75 Å². The van der Waals surface area contributed by atoms with Crippen molar-refractivity contribution in [3.05, 3.63) is 77.1 Å². The second kappa shape index (κ2) is 8.40. The maximum absolute atomic E-state index is 13.0. The molecule has 0 aliphatic heterocycles. The summed E-state index contributed by atoms with van der Waals surface area (Å²) in [4.78, 5) is 16.3. The summed E-state index contributed by atoms with van der Waals surface area (Å²) in [7, 11) is 1.59. The van der Waals surface area contributed by atoms with Gasteiger partial charge in [0.15, 0.2) is 0 Å². The van der Waals surface area contributed by atoms with Crippen LogP contribution in [-0.4, -0.2) is 18.1 Å². The van der Waals surface area contributed by atoms with Crippen molar-refractivity contribution in [3.8, 4) is 16.3 Å².